The smallest absolute Gasteiger partial charge is 0.335 e. The standard InChI is InChI=1S/C12H8N4O4/c13-10(17)8-3-4-16(15-8)12-14-7-2-1-6(11(18)19)5-9(7)20-12/h1-5H,(H2,13,17)(H,18,19). The van der Waals surface area contributed by atoms with E-state index in [2.05, 4.69) is 10.1 Å². The summed E-state index contributed by atoms with van der Waals surface area (Å²) in [5.74, 6) is -1.71. The number of hydrogen-bond acceptors (Lipinski definition) is 5. The molecule has 2 heterocycles. The number of primary amides is 1. The van der Waals surface area contributed by atoms with E-state index in [1.165, 1.54) is 35.1 Å². The predicted molar refractivity (Wildman–Crippen MR) is 66.6 cm³/mol. The molecule has 3 N–H and O–H groups in total. The summed E-state index contributed by atoms with van der Waals surface area (Å²) in [6, 6.07) is 5.88. The molecule has 0 aliphatic carbocycles. The van der Waals surface area contributed by atoms with Gasteiger partial charge in [0.15, 0.2) is 11.3 Å². The lowest BCUT2D eigenvalue weighted by Gasteiger charge is -1.92. The number of hydrogen-bond donors (Lipinski definition) is 2. The molecule has 8 heteroatoms. The molecule has 1 aromatic carbocycles. The second kappa shape index (κ2) is 4.19. The van der Waals surface area contributed by atoms with Crippen LogP contribution >= 0.6 is 0 Å². The predicted octanol–water partition coefficient (Wildman–Crippen LogP) is 0.811. The number of carbonyl (C=O) groups is 2. The number of benzene rings is 1. The average molecular weight is 272 g/mol. The van der Waals surface area contributed by atoms with E-state index in [0.717, 1.165) is 0 Å². The Bertz CT molecular complexity index is 833. The highest BCUT2D eigenvalue weighted by molar-refractivity contribution is 5.92. The molecule has 20 heavy (non-hydrogen) atoms. The van der Waals surface area contributed by atoms with Gasteiger partial charge in [0.1, 0.15) is 5.52 Å². The number of carbonyl (C=O) groups excluding carboxylic acids is 1. The molecule has 0 saturated heterocycles. The fourth-order valence-electron chi connectivity index (χ4n) is 1.71. The summed E-state index contributed by atoms with van der Waals surface area (Å²) in [6.07, 6.45) is 1.48. The average Bonchev–Trinajstić information content (AvgIpc) is 3.04. The summed E-state index contributed by atoms with van der Waals surface area (Å²) in [6.45, 7) is 0. The summed E-state index contributed by atoms with van der Waals surface area (Å²) in [7, 11) is 0. The number of aromatic carboxylic acids is 1. The van der Waals surface area contributed by atoms with Crippen molar-refractivity contribution in [1.29, 1.82) is 0 Å². The minimum atomic E-state index is -1.06. The Morgan fingerprint density at radius 2 is 2.10 bits per heavy atom. The van der Waals surface area contributed by atoms with Gasteiger partial charge in [-0.3, -0.25) is 4.79 Å². The van der Waals surface area contributed by atoms with Crippen LogP contribution in [-0.4, -0.2) is 31.7 Å². The van der Waals surface area contributed by atoms with E-state index in [-0.39, 0.29) is 17.3 Å². The van der Waals surface area contributed by atoms with E-state index in [9.17, 15) is 9.59 Å². The van der Waals surface area contributed by atoms with Crippen molar-refractivity contribution in [2.75, 3.05) is 0 Å². The van der Waals surface area contributed by atoms with Crippen molar-refractivity contribution in [3.63, 3.8) is 0 Å². The molecule has 0 aliphatic rings. The van der Waals surface area contributed by atoms with Gasteiger partial charge in [-0.25, -0.2) is 4.79 Å². The lowest BCUT2D eigenvalue weighted by atomic mass is 10.2. The summed E-state index contributed by atoms with van der Waals surface area (Å²) >= 11 is 0. The zero-order valence-corrected chi connectivity index (χ0v) is 9.98. The minimum Gasteiger partial charge on any atom is -0.478 e. The molecule has 0 saturated carbocycles. The van der Waals surface area contributed by atoms with E-state index < -0.39 is 11.9 Å². The van der Waals surface area contributed by atoms with Crippen LogP contribution in [0.1, 0.15) is 20.8 Å². The highest BCUT2D eigenvalue weighted by atomic mass is 16.4. The molecule has 0 aliphatic heterocycles. The molecule has 0 spiro atoms. The van der Waals surface area contributed by atoms with Gasteiger partial charge in [0.2, 0.25) is 0 Å². The second-order valence-electron chi connectivity index (χ2n) is 3.99. The number of carboxylic acid groups (broad SMARTS) is 1. The van der Waals surface area contributed by atoms with Gasteiger partial charge in [-0.15, -0.1) is 0 Å². The van der Waals surface area contributed by atoms with Gasteiger partial charge >= 0.3 is 12.0 Å². The van der Waals surface area contributed by atoms with E-state index in [1.54, 1.807) is 0 Å². The molecular weight excluding hydrogens is 264 g/mol. The third kappa shape index (κ3) is 1.88. The van der Waals surface area contributed by atoms with E-state index in [0.29, 0.717) is 11.1 Å². The molecular formula is C12H8N4O4. The van der Waals surface area contributed by atoms with Crippen LogP contribution < -0.4 is 5.73 Å². The first-order valence-corrected chi connectivity index (χ1v) is 5.54. The maximum absolute atomic E-state index is 11.0. The number of carboxylic acids is 1. The molecule has 8 nitrogen and oxygen atoms in total. The molecule has 0 fully saturated rings. The van der Waals surface area contributed by atoms with Gasteiger partial charge in [-0.2, -0.15) is 14.8 Å². The van der Waals surface area contributed by atoms with Crippen LogP contribution in [-0.2, 0) is 0 Å². The lowest BCUT2D eigenvalue weighted by Crippen LogP contribution is -2.12. The SMILES string of the molecule is NC(=O)c1ccn(-c2nc3ccc(C(=O)O)cc3o2)n1. The Morgan fingerprint density at radius 1 is 1.30 bits per heavy atom. The topological polar surface area (TPSA) is 124 Å². The first-order chi connectivity index (χ1) is 9.54. The monoisotopic (exact) mass is 272 g/mol. The normalized spacial score (nSPS) is 10.8. The van der Waals surface area contributed by atoms with Crippen LogP contribution in [0.25, 0.3) is 17.1 Å². The van der Waals surface area contributed by atoms with Crippen molar-refractivity contribution in [1.82, 2.24) is 14.8 Å². The Morgan fingerprint density at radius 3 is 2.75 bits per heavy atom. The van der Waals surface area contributed by atoms with E-state index >= 15 is 0 Å². The van der Waals surface area contributed by atoms with Crippen molar-refractivity contribution >= 4 is 23.0 Å². The number of aromatic nitrogens is 3. The Labute approximate surface area is 111 Å². The largest absolute Gasteiger partial charge is 0.478 e. The summed E-state index contributed by atoms with van der Waals surface area (Å²) in [5, 5.41) is 12.8. The number of fused-ring (bicyclic) bond motifs is 1. The van der Waals surface area contributed by atoms with Crippen LogP contribution in [0.5, 0.6) is 0 Å². The van der Waals surface area contributed by atoms with E-state index in [1.807, 2.05) is 0 Å². The number of nitrogens with two attached hydrogens (primary N) is 1. The van der Waals surface area contributed by atoms with Crippen molar-refractivity contribution in [2.24, 2.45) is 5.73 Å². The van der Waals surface area contributed by atoms with Crippen molar-refractivity contribution in [3.8, 4) is 6.01 Å². The zero-order chi connectivity index (χ0) is 14.3. The highest BCUT2D eigenvalue weighted by Gasteiger charge is 2.13. The summed E-state index contributed by atoms with van der Waals surface area (Å²) < 4.78 is 6.66. The molecule has 1 amide bonds. The van der Waals surface area contributed by atoms with Gasteiger partial charge in [0.25, 0.3) is 5.91 Å². The summed E-state index contributed by atoms with van der Waals surface area (Å²) in [4.78, 5) is 26.0. The van der Waals surface area contributed by atoms with Crippen LogP contribution in [0.2, 0.25) is 0 Å². The number of oxazole rings is 1. The minimum absolute atomic E-state index is 0.0819. The molecule has 0 atom stereocenters. The molecule has 2 aromatic heterocycles. The number of amides is 1. The third-order valence-electron chi connectivity index (χ3n) is 2.66. The number of nitrogens with zero attached hydrogens (tertiary/aromatic N) is 3. The molecule has 0 bridgehead atoms. The fourth-order valence-corrected chi connectivity index (χ4v) is 1.71. The Balaban J connectivity index is 2.07. The molecule has 0 radical (unpaired) electrons. The van der Waals surface area contributed by atoms with Gasteiger partial charge in [0, 0.05) is 6.20 Å². The van der Waals surface area contributed by atoms with Gasteiger partial charge in [0.05, 0.1) is 5.56 Å². The molecule has 100 valence electrons. The molecule has 3 rings (SSSR count). The van der Waals surface area contributed by atoms with Crippen LogP contribution in [0.3, 0.4) is 0 Å². The first-order valence-electron chi connectivity index (χ1n) is 5.54. The maximum atomic E-state index is 11.0. The first kappa shape index (κ1) is 11.9. The van der Waals surface area contributed by atoms with E-state index in [4.69, 9.17) is 15.3 Å². The van der Waals surface area contributed by atoms with Crippen LogP contribution in [0.15, 0.2) is 34.9 Å². The second-order valence-corrected chi connectivity index (χ2v) is 3.99. The highest BCUT2D eigenvalue weighted by Crippen LogP contribution is 2.19. The maximum Gasteiger partial charge on any atom is 0.335 e. The van der Waals surface area contributed by atoms with Crippen LogP contribution in [0, 0.1) is 0 Å². The fraction of sp³-hybridized carbons (Fsp3) is 0. The van der Waals surface area contributed by atoms with Gasteiger partial charge < -0.3 is 15.3 Å². The zero-order valence-electron chi connectivity index (χ0n) is 9.98. The Kier molecular flexibility index (Phi) is 2.50. The van der Waals surface area contributed by atoms with Gasteiger partial charge in [-0.05, 0) is 24.3 Å². The Hall–Kier alpha value is -3.16. The lowest BCUT2D eigenvalue weighted by molar-refractivity contribution is 0.0696. The van der Waals surface area contributed by atoms with Gasteiger partial charge in [-0.1, -0.05) is 0 Å². The van der Waals surface area contributed by atoms with Crippen molar-refractivity contribution in [2.45, 2.75) is 0 Å². The van der Waals surface area contributed by atoms with Crippen molar-refractivity contribution < 1.29 is 19.1 Å². The third-order valence-corrected chi connectivity index (χ3v) is 2.66. The molecule has 0 unspecified atom stereocenters. The quantitative estimate of drug-likeness (QED) is 0.726. The molecule has 3 aromatic rings. The number of rotatable bonds is 3. The summed E-state index contributed by atoms with van der Waals surface area (Å²) in [5.41, 5.74) is 6.08. The van der Waals surface area contributed by atoms with Crippen LogP contribution in [0.4, 0.5) is 0 Å². The van der Waals surface area contributed by atoms with Crippen molar-refractivity contribution in [3.05, 3.63) is 41.7 Å².